The molecule has 3 aromatic rings. The number of nitrogens with one attached hydrogen (secondary N) is 1. The van der Waals surface area contributed by atoms with E-state index in [1.807, 2.05) is 30.3 Å². The number of hydrogen-bond donors (Lipinski definition) is 1. The highest BCUT2D eigenvalue weighted by Gasteiger charge is 2.38. The second-order valence-electron chi connectivity index (χ2n) is 10.4. The molecule has 8 nitrogen and oxygen atoms in total. The summed E-state index contributed by atoms with van der Waals surface area (Å²) < 4.78 is 13.8. The lowest BCUT2D eigenvalue weighted by molar-refractivity contribution is 0.0927. The number of pyridine rings is 3. The van der Waals surface area contributed by atoms with Crippen LogP contribution in [0.4, 0.5) is 0 Å². The first-order chi connectivity index (χ1) is 18.4. The summed E-state index contributed by atoms with van der Waals surface area (Å²) in [6, 6.07) is 15.3. The van der Waals surface area contributed by atoms with E-state index in [-0.39, 0.29) is 22.4 Å². The molecule has 0 radical (unpaired) electrons. The Morgan fingerprint density at radius 3 is 2.66 bits per heavy atom. The SMILES string of the molecule is CS(=O)[C@@H]1CCCC[C@H]1NC(=O)c1cc(CN2CCC(C#N)(c3ccccn3)CC2)c2ccccn2c1=O. The van der Waals surface area contributed by atoms with E-state index in [2.05, 4.69) is 21.3 Å². The maximum atomic E-state index is 13.4. The fraction of sp³-hybridized carbons (Fsp3) is 0.448. The second-order valence-corrected chi connectivity index (χ2v) is 12.0. The summed E-state index contributed by atoms with van der Waals surface area (Å²) in [5, 5.41) is 13.0. The van der Waals surface area contributed by atoms with Crippen molar-refractivity contribution < 1.29 is 9.00 Å². The molecule has 0 bridgehead atoms. The van der Waals surface area contributed by atoms with Gasteiger partial charge >= 0.3 is 0 Å². The number of amides is 1. The Morgan fingerprint density at radius 1 is 1.18 bits per heavy atom. The van der Waals surface area contributed by atoms with E-state index < -0.39 is 22.1 Å². The summed E-state index contributed by atoms with van der Waals surface area (Å²) in [5.41, 5.74) is 1.61. The number of fused-ring (bicyclic) bond motifs is 1. The van der Waals surface area contributed by atoms with Crippen molar-refractivity contribution in [3.63, 3.8) is 0 Å². The van der Waals surface area contributed by atoms with Crippen LogP contribution < -0.4 is 10.9 Å². The number of piperidine rings is 1. The number of nitriles is 1. The van der Waals surface area contributed by atoms with Crippen LogP contribution in [0.5, 0.6) is 0 Å². The maximum Gasteiger partial charge on any atom is 0.267 e. The quantitative estimate of drug-likeness (QED) is 0.524. The van der Waals surface area contributed by atoms with E-state index in [0.717, 1.165) is 42.5 Å². The smallest absolute Gasteiger partial charge is 0.267 e. The van der Waals surface area contributed by atoms with Gasteiger partial charge in [-0.3, -0.25) is 28.1 Å². The molecular weight excluding hydrogens is 498 g/mol. The lowest BCUT2D eigenvalue weighted by Crippen LogP contribution is -2.48. The third-order valence-electron chi connectivity index (χ3n) is 8.12. The van der Waals surface area contributed by atoms with Gasteiger partial charge in [0, 0.05) is 55.1 Å². The summed E-state index contributed by atoms with van der Waals surface area (Å²) in [6.07, 6.45) is 9.99. The van der Waals surface area contributed by atoms with Gasteiger partial charge in [-0.05, 0) is 61.6 Å². The monoisotopic (exact) mass is 531 g/mol. The molecule has 2 aliphatic rings. The molecule has 0 aromatic carbocycles. The van der Waals surface area contributed by atoms with Crippen LogP contribution in [0.25, 0.3) is 5.52 Å². The summed E-state index contributed by atoms with van der Waals surface area (Å²) >= 11 is 0. The molecule has 4 heterocycles. The van der Waals surface area contributed by atoms with Gasteiger partial charge in [-0.1, -0.05) is 25.0 Å². The summed E-state index contributed by atoms with van der Waals surface area (Å²) in [5.74, 6) is -0.408. The fourth-order valence-electron chi connectivity index (χ4n) is 5.92. The zero-order chi connectivity index (χ0) is 26.7. The van der Waals surface area contributed by atoms with Crippen molar-refractivity contribution in [2.45, 2.75) is 61.8 Å². The molecule has 5 rings (SSSR count). The zero-order valence-corrected chi connectivity index (χ0v) is 22.5. The first-order valence-electron chi connectivity index (χ1n) is 13.2. The van der Waals surface area contributed by atoms with E-state index in [0.29, 0.717) is 32.5 Å². The van der Waals surface area contributed by atoms with Gasteiger partial charge in [0.25, 0.3) is 11.5 Å². The lowest BCUT2D eigenvalue weighted by atomic mass is 9.76. The molecule has 1 unspecified atom stereocenters. The Bertz CT molecular complexity index is 1440. The molecule has 3 aromatic heterocycles. The average molecular weight is 532 g/mol. The second kappa shape index (κ2) is 11.2. The molecule has 38 heavy (non-hydrogen) atoms. The summed E-state index contributed by atoms with van der Waals surface area (Å²) in [6.45, 7) is 1.97. The predicted octanol–water partition coefficient (Wildman–Crippen LogP) is 3.17. The molecule has 9 heteroatoms. The molecule has 0 spiro atoms. The van der Waals surface area contributed by atoms with Gasteiger partial charge < -0.3 is 5.32 Å². The van der Waals surface area contributed by atoms with Gasteiger partial charge in [0.05, 0.1) is 22.5 Å². The van der Waals surface area contributed by atoms with Crippen molar-refractivity contribution in [3.05, 3.63) is 82.0 Å². The zero-order valence-electron chi connectivity index (χ0n) is 21.6. The molecule has 1 saturated carbocycles. The molecule has 3 atom stereocenters. The summed E-state index contributed by atoms with van der Waals surface area (Å²) in [7, 11) is -1.05. The number of rotatable bonds is 6. The van der Waals surface area contributed by atoms with Gasteiger partial charge in [-0.2, -0.15) is 5.26 Å². The van der Waals surface area contributed by atoms with Crippen LogP contribution in [0.15, 0.2) is 59.7 Å². The molecular formula is C29H33N5O3S. The molecule has 1 aliphatic heterocycles. The number of hydrogen-bond acceptors (Lipinski definition) is 6. The lowest BCUT2D eigenvalue weighted by Gasteiger charge is -2.37. The van der Waals surface area contributed by atoms with E-state index >= 15 is 0 Å². The van der Waals surface area contributed by atoms with Crippen LogP contribution in [-0.4, -0.2) is 55.0 Å². The molecule has 1 N–H and O–H groups in total. The van der Waals surface area contributed by atoms with Crippen molar-refractivity contribution in [1.82, 2.24) is 19.6 Å². The number of likely N-dealkylation sites (tertiary alicyclic amines) is 1. The minimum atomic E-state index is -1.05. The van der Waals surface area contributed by atoms with Gasteiger partial charge in [-0.15, -0.1) is 0 Å². The number of carbonyl (C=O) groups excluding carboxylic acids is 1. The van der Waals surface area contributed by atoms with Crippen LogP contribution in [0.3, 0.4) is 0 Å². The third-order valence-corrected chi connectivity index (χ3v) is 9.54. The number of carbonyl (C=O) groups is 1. The minimum absolute atomic E-state index is 0.0942. The van der Waals surface area contributed by atoms with Crippen molar-refractivity contribution in [1.29, 1.82) is 5.26 Å². The van der Waals surface area contributed by atoms with E-state index in [4.69, 9.17) is 0 Å². The van der Waals surface area contributed by atoms with Crippen LogP contribution in [0, 0.1) is 11.3 Å². The van der Waals surface area contributed by atoms with Crippen molar-refractivity contribution >= 4 is 22.2 Å². The molecule has 1 saturated heterocycles. The van der Waals surface area contributed by atoms with Crippen LogP contribution in [-0.2, 0) is 22.8 Å². The molecule has 1 amide bonds. The van der Waals surface area contributed by atoms with Crippen LogP contribution in [0.2, 0.25) is 0 Å². The van der Waals surface area contributed by atoms with Gasteiger partial charge in [0.15, 0.2) is 0 Å². The van der Waals surface area contributed by atoms with Crippen molar-refractivity contribution in [3.8, 4) is 6.07 Å². The topological polar surface area (TPSA) is 108 Å². The van der Waals surface area contributed by atoms with E-state index in [1.165, 1.54) is 4.40 Å². The predicted molar refractivity (Wildman–Crippen MR) is 147 cm³/mol. The van der Waals surface area contributed by atoms with Crippen molar-refractivity contribution in [2.24, 2.45) is 0 Å². The first kappa shape index (κ1) is 26.3. The van der Waals surface area contributed by atoms with Crippen LogP contribution >= 0.6 is 0 Å². The Kier molecular flexibility index (Phi) is 7.73. The maximum absolute atomic E-state index is 13.4. The average Bonchev–Trinajstić information content (AvgIpc) is 2.95. The minimum Gasteiger partial charge on any atom is -0.348 e. The largest absolute Gasteiger partial charge is 0.348 e. The van der Waals surface area contributed by atoms with E-state index in [9.17, 15) is 19.1 Å². The normalized spacial score (nSPS) is 22.4. The van der Waals surface area contributed by atoms with Gasteiger partial charge in [-0.25, -0.2) is 0 Å². The Morgan fingerprint density at radius 2 is 1.95 bits per heavy atom. The highest BCUT2D eigenvalue weighted by atomic mass is 32.2. The molecule has 198 valence electrons. The summed E-state index contributed by atoms with van der Waals surface area (Å²) in [4.78, 5) is 33.5. The van der Waals surface area contributed by atoms with Gasteiger partial charge in [0.2, 0.25) is 0 Å². The Balaban J connectivity index is 1.39. The Hall–Kier alpha value is -3.35. The molecule has 1 aliphatic carbocycles. The van der Waals surface area contributed by atoms with Crippen molar-refractivity contribution in [2.75, 3.05) is 19.3 Å². The highest BCUT2D eigenvalue weighted by molar-refractivity contribution is 7.85. The number of aromatic nitrogens is 2. The highest BCUT2D eigenvalue weighted by Crippen LogP contribution is 2.34. The third kappa shape index (κ3) is 5.16. The fourth-order valence-corrected chi connectivity index (χ4v) is 7.09. The molecule has 2 fully saturated rings. The standard InChI is InChI=1S/C29H33N5O3S/c1-38(37)25-10-3-2-8-23(25)32-27(35)22-18-21(24-9-5-7-15-34(24)28(22)36)19-33-16-12-29(20-30,13-17-33)26-11-4-6-14-31-26/h4-7,9,11,14-15,18,23,25H,2-3,8,10,12-13,16-17,19H2,1H3,(H,32,35)/t23-,25-,38?/m1/s1. The van der Waals surface area contributed by atoms with E-state index in [1.54, 1.807) is 30.8 Å². The Labute approximate surface area is 225 Å². The first-order valence-corrected chi connectivity index (χ1v) is 14.9. The number of nitrogens with zero attached hydrogens (tertiary/aromatic N) is 4. The van der Waals surface area contributed by atoms with Crippen LogP contribution in [0.1, 0.15) is 60.1 Å². The van der Waals surface area contributed by atoms with Gasteiger partial charge in [0.1, 0.15) is 11.0 Å².